The van der Waals surface area contributed by atoms with E-state index >= 15 is 0 Å². The SMILES string of the molecule is Fc1ccc(Cl)cc1CNc1cc(C(F)(F)F)ccc1Br. The highest BCUT2D eigenvalue weighted by Crippen LogP contribution is 2.34. The molecule has 21 heavy (non-hydrogen) atoms. The quantitative estimate of drug-likeness (QED) is 0.654. The second-order valence-electron chi connectivity index (χ2n) is 4.28. The Balaban J connectivity index is 2.22. The van der Waals surface area contributed by atoms with Crippen LogP contribution in [-0.2, 0) is 12.7 Å². The van der Waals surface area contributed by atoms with Crippen LogP contribution in [0.5, 0.6) is 0 Å². The topological polar surface area (TPSA) is 12.0 Å². The Kier molecular flexibility index (Phi) is 4.78. The standard InChI is InChI=1S/C14H9BrClF4N/c15-11-3-1-9(14(18,19)20)6-13(11)21-7-8-5-10(16)2-4-12(8)17/h1-6,21H,7H2. The van der Waals surface area contributed by atoms with Gasteiger partial charge in [0.15, 0.2) is 0 Å². The van der Waals surface area contributed by atoms with E-state index in [9.17, 15) is 17.6 Å². The fraction of sp³-hybridized carbons (Fsp3) is 0.143. The van der Waals surface area contributed by atoms with Crippen molar-refractivity contribution in [1.82, 2.24) is 0 Å². The lowest BCUT2D eigenvalue weighted by Gasteiger charge is -2.13. The number of anilines is 1. The normalized spacial score (nSPS) is 11.5. The maximum atomic E-state index is 13.6. The van der Waals surface area contributed by atoms with E-state index < -0.39 is 17.6 Å². The molecule has 0 aliphatic carbocycles. The molecule has 0 aromatic heterocycles. The van der Waals surface area contributed by atoms with Gasteiger partial charge in [-0.3, -0.25) is 0 Å². The predicted molar refractivity (Wildman–Crippen MR) is 77.9 cm³/mol. The van der Waals surface area contributed by atoms with Crippen molar-refractivity contribution >= 4 is 33.2 Å². The van der Waals surface area contributed by atoms with Crippen LogP contribution in [0.3, 0.4) is 0 Å². The first-order valence-electron chi connectivity index (χ1n) is 5.82. The van der Waals surface area contributed by atoms with Crippen molar-refractivity contribution in [2.75, 3.05) is 5.32 Å². The zero-order valence-electron chi connectivity index (χ0n) is 10.4. The molecule has 1 N–H and O–H groups in total. The molecular formula is C14H9BrClF4N. The average Bonchev–Trinajstić information content (AvgIpc) is 2.40. The molecule has 0 unspecified atom stereocenters. The number of hydrogen-bond donors (Lipinski definition) is 1. The number of rotatable bonds is 3. The lowest BCUT2D eigenvalue weighted by molar-refractivity contribution is -0.137. The summed E-state index contributed by atoms with van der Waals surface area (Å²) < 4.78 is 52.0. The maximum Gasteiger partial charge on any atom is 0.416 e. The lowest BCUT2D eigenvalue weighted by Crippen LogP contribution is -2.07. The van der Waals surface area contributed by atoms with Gasteiger partial charge in [-0.05, 0) is 52.3 Å². The summed E-state index contributed by atoms with van der Waals surface area (Å²) in [6.07, 6.45) is -4.43. The molecule has 2 aromatic carbocycles. The largest absolute Gasteiger partial charge is 0.416 e. The number of hydrogen-bond acceptors (Lipinski definition) is 1. The monoisotopic (exact) mass is 381 g/mol. The van der Waals surface area contributed by atoms with Crippen LogP contribution in [0.15, 0.2) is 40.9 Å². The second kappa shape index (κ2) is 6.23. The summed E-state index contributed by atoms with van der Waals surface area (Å²) in [5.74, 6) is -0.477. The Labute approximate surface area is 132 Å². The van der Waals surface area contributed by atoms with E-state index in [-0.39, 0.29) is 17.8 Å². The van der Waals surface area contributed by atoms with Crippen LogP contribution in [0.1, 0.15) is 11.1 Å². The van der Waals surface area contributed by atoms with Gasteiger partial charge >= 0.3 is 6.18 Å². The molecule has 0 amide bonds. The Morgan fingerprint density at radius 2 is 1.81 bits per heavy atom. The van der Waals surface area contributed by atoms with Crippen LogP contribution in [-0.4, -0.2) is 0 Å². The maximum absolute atomic E-state index is 13.6. The van der Waals surface area contributed by atoms with Gasteiger partial charge < -0.3 is 5.32 Å². The third kappa shape index (κ3) is 4.11. The summed E-state index contributed by atoms with van der Waals surface area (Å²) in [5.41, 5.74) is -0.282. The van der Waals surface area contributed by atoms with Gasteiger partial charge in [0.2, 0.25) is 0 Å². The first-order chi connectivity index (χ1) is 9.77. The zero-order chi connectivity index (χ0) is 15.6. The van der Waals surface area contributed by atoms with Gasteiger partial charge in [-0.2, -0.15) is 13.2 Å². The molecule has 7 heteroatoms. The summed E-state index contributed by atoms with van der Waals surface area (Å²) in [7, 11) is 0. The van der Waals surface area contributed by atoms with E-state index in [0.717, 1.165) is 12.1 Å². The predicted octanol–water partition coefficient (Wildman–Crippen LogP) is 5.87. The first kappa shape index (κ1) is 16.1. The van der Waals surface area contributed by atoms with Gasteiger partial charge in [0.1, 0.15) is 5.82 Å². The van der Waals surface area contributed by atoms with Gasteiger partial charge in [0.25, 0.3) is 0 Å². The van der Waals surface area contributed by atoms with Crippen LogP contribution in [0.4, 0.5) is 23.2 Å². The van der Waals surface area contributed by atoms with Crippen LogP contribution in [0, 0.1) is 5.82 Å². The highest BCUT2D eigenvalue weighted by molar-refractivity contribution is 9.10. The number of alkyl halides is 3. The minimum Gasteiger partial charge on any atom is -0.380 e. The summed E-state index contributed by atoms with van der Waals surface area (Å²) >= 11 is 8.92. The minimum absolute atomic E-state index is 0.0201. The van der Waals surface area contributed by atoms with Crippen molar-refractivity contribution in [2.24, 2.45) is 0 Å². The van der Waals surface area contributed by atoms with E-state index in [1.807, 2.05) is 0 Å². The lowest BCUT2D eigenvalue weighted by atomic mass is 10.1. The Morgan fingerprint density at radius 3 is 2.48 bits per heavy atom. The molecule has 112 valence electrons. The molecular weight excluding hydrogens is 374 g/mol. The summed E-state index contributed by atoms with van der Waals surface area (Å²) in [5, 5.41) is 3.12. The Hall–Kier alpha value is -1.27. The third-order valence-electron chi connectivity index (χ3n) is 2.77. The average molecular weight is 383 g/mol. The molecule has 0 bridgehead atoms. The van der Waals surface area contributed by atoms with E-state index in [4.69, 9.17) is 11.6 Å². The molecule has 0 fully saturated rings. The number of benzene rings is 2. The van der Waals surface area contributed by atoms with Crippen molar-refractivity contribution < 1.29 is 17.6 Å². The molecule has 1 nitrogen and oxygen atoms in total. The van der Waals surface area contributed by atoms with Crippen molar-refractivity contribution in [3.05, 3.63) is 62.8 Å². The van der Waals surface area contributed by atoms with E-state index in [1.54, 1.807) is 0 Å². The highest BCUT2D eigenvalue weighted by atomic mass is 79.9. The zero-order valence-corrected chi connectivity index (χ0v) is 12.8. The first-order valence-corrected chi connectivity index (χ1v) is 6.99. The number of halogens is 6. The molecule has 0 aliphatic rings. The third-order valence-corrected chi connectivity index (χ3v) is 3.70. The summed E-state index contributed by atoms with van der Waals surface area (Å²) in [4.78, 5) is 0. The van der Waals surface area contributed by atoms with Crippen LogP contribution < -0.4 is 5.32 Å². The van der Waals surface area contributed by atoms with Gasteiger partial charge in [0, 0.05) is 27.3 Å². The van der Waals surface area contributed by atoms with Gasteiger partial charge in [0.05, 0.1) is 5.56 Å². The molecule has 2 rings (SSSR count). The minimum atomic E-state index is -4.43. The number of nitrogens with one attached hydrogen (secondary N) is 1. The van der Waals surface area contributed by atoms with Crippen molar-refractivity contribution in [3.8, 4) is 0 Å². The van der Waals surface area contributed by atoms with Gasteiger partial charge in [-0.15, -0.1) is 0 Å². The fourth-order valence-electron chi connectivity index (χ4n) is 1.71. The van der Waals surface area contributed by atoms with Crippen molar-refractivity contribution in [2.45, 2.75) is 12.7 Å². The van der Waals surface area contributed by atoms with E-state index in [2.05, 4.69) is 21.2 Å². The summed E-state index contributed by atoms with van der Waals surface area (Å²) in [6, 6.07) is 7.26. The van der Waals surface area contributed by atoms with E-state index in [1.165, 1.54) is 24.3 Å². The Morgan fingerprint density at radius 1 is 1.10 bits per heavy atom. The van der Waals surface area contributed by atoms with Crippen molar-refractivity contribution in [1.29, 1.82) is 0 Å². The highest BCUT2D eigenvalue weighted by Gasteiger charge is 2.30. The van der Waals surface area contributed by atoms with Crippen LogP contribution >= 0.6 is 27.5 Å². The Bertz CT molecular complexity index is 658. The van der Waals surface area contributed by atoms with Gasteiger partial charge in [-0.25, -0.2) is 4.39 Å². The molecule has 0 atom stereocenters. The fourth-order valence-corrected chi connectivity index (χ4v) is 2.29. The van der Waals surface area contributed by atoms with Crippen LogP contribution in [0.25, 0.3) is 0 Å². The molecule has 0 radical (unpaired) electrons. The summed E-state index contributed by atoms with van der Waals surface area (Å²) in [6.45, 7) is 0.0201. The van der Waals surface area contributed by atoms with E-state index in [0.29, 0.717) is 9.50 Å². The molecule has 0 aliphatic heterocycles. The molecule has 0 saturated carbocycles. The molecule has 0 heterocycles. The smallest absolute Gasteiger partial charge is 0.380 e. The van der Waals surface area contributed by atoms with Crippen LogP contribution in [0.2, 0.25) is 5.02 Å². The molecule has 0 spiro atoms. The van der Waals surface area contributed by atoms with Gasteiger partial charge in [-0.1, -0.05) is 11.6 Å². The van der Waals surface area contributed by atoms with Crippen molar-refractivity contribution in [3.63, 3.8) is 0 Å². The second-order valence-corrected chi connectivity index (χ2v) is 5.57. The molecule has 2 aromatic rings. The molecule has 0 saturated heterocycles.